The molecule has 17 heteroatoms. The quantitative estimate of drug-likeness (QED) is 0.170. The molecule has 31 heavy (non-hydrogen) atoms. The Morgan fingerprint density at radius 2 is 1.45 bits per heavy atom. The van der Waals surface area contributed by atoms with Crippen LogP contribution in [-0.2, 0) is 34.5 Å². The van der Waals surface area contributed by atoms with Crippen molar-refractivity contribution in [2.24, 2.45) is 10.2 Å². The fourth-order valence-electron chi connectivity index (χ4n) is 2.11. The van der Waals surface area contributed by atoms with Crippen LogP contribution in [0.1, 0.15) is 0 Å². The standard InChI is InChI=1S/C14H16N4O9S3.Na/c15-11-7-12(16)14(29(21,22)23)8-13(11)18-17-9-1-3-10(4-2-9)28(19,20)6-5-27-30(24,25)26;/h1-4,7-8H,5-6,15-16H2,(H,21,22,23)(H,24,25,26);. The molecule has 0 fully saturated rings. The van der Waals surface area contributed by atoms with Gasteiger partial charge < -0.3 is 11.5 Å². The van der Waals surface area contributed by atoms with Crippen molar-refractivity contribution < 1.29 is 38.5 Å². The second-order valence-corrected chi connectivity index (χ2v) is 10.3. The Kier molecular flexibility index (Phi) is 9.13. The van der Waals surface area contributed by atoms with Crippen LogP contribution in [0.4, 0.5) is 22.7 Å². The molecule has 0 bridgehead atoms. The van der Waals surface area contributed by atoms with Crippen LogP contribution in [-0.4, -0.2) is 76.3 Å². The first-order valence-corrected chi connectivity index (χ1v) is 12.2. The number of benzene rings is 2. The van der Waals surface area contributed by atoms with Gasteiger partial charge in [0.15, 0.2) is 9.84 Å². The number of sulfone groups is 1. The van der Waals surface area contributed by atoms with Gasteiger partial charge in [-0.25, -0.2) is 12.6 Å². The molecule has 0 unspecified atom stereocenters. The van der Waals surface area contributed by atoms with Crippen molar-refractivity contribution in [1.82, 2.24) is 0 Å². The van der Waals surface area contributed by atoms with Crippen LogP contribution in [0.3, 0.4) is 0 Å². The first-order chi connectivity index (χ1) is 13.7. The summed E-state index contributed by atoms with van der Waals surface area (Å²) in [6.07, 6.45) is 0. The normalized spacial score (nSPS) is 12.6. The van der Waals surface area contributed by atoms with Gasteiger partial charge in [-0.3, -0.25) is 9.11 Å². The van der Waals surface area contributed by atoms with Crippen molar-refractivity contribution >= 4 is 82.7 Å². The topological polar surface area (TPSA) is 229 Å². The van der Waals surface area contributed by atoms with Crippen LogP contribution >= 0.6 is 0 Å². The first-order valence-electron chi connectivity index (χ1n) is 7.72. The average molecular weight is 503 g/mol. The summed E-state index contributed by atoms with van der Waals surface area (Å²) in [7, 11) is -13.3. The smallest absolute Gasteiger partial charge is 0.397 e. The van der Waals surface area contributed by atoms with Gasteiger partial charge in [0.05, 0.1) is 34.3 Å². The van der Waals surface area contributed by atoms with Crippen molar-refractivity contribution in [1.29, 1.82) is 0 Å². The second kappa shape index (κ2) is 10.3. The van der Waals surface area contributed by atoms with Gasteiger partial charge in [-0.2, -0.15) is 21.9 Å². The maximum Gasteiger partial charge on any atom is 0.397 e. The summed E-state index contributed by atoms with van der Waals surface area (Å²) >= 11 is 0. The fraction of sp³-hybridized carbons (Fsp3) is 0.143. The molecule has 0 heterocycles. The van der Waals surface area contributed by atoms with Crippen molar-refractivity contribution in [3.05, 3.63) is 36.4 Å². The second-order valence-electron chi connectivity index (χ2n) is 5.69. The van der Waals surface area contributed by atoms with Crippen LogP contribution in [0, 0.1) is 0 Å². The van der Waals surface area contributed by atoms with E-state index in [4.69, 9.17) is 20.6 Å². The molecule has 0 saturated heterocycles. The van der Waals surface area contributed by atoms with Crippen LogP contribution in [0.2, 0.25) is 0 Å². The van der Waals surface area contributed by atoms with Crippen molar-refractivity contribution in [2.45, 2.75) is 9.79 Å². The van der Waals surface area contributed by atoms with E-state index >= 15 is 0 Å². The summed E-state index contributed by atoms with van der Waals surface area (Å²) in [6.45, 7) is -0.769. The zero-order valence-corrected chi connectivity index (χ0v) is 20.4. The molecule has 2 aromatic rings. The third-order valence-electron chi connectivity index (χ3n) is 3.49. The summed E-state index contributed by atoms with van der Waals surface area (Å²) in [5, 5.41) is 7.57. The Balaban J connectivity index is 0.00000480. The largest absolute Gasteiger partial charge is 0.398 e. The first kappa shape index (κ1) is 27.4. The third-order valence-corrected chi connectivity index (χ3v) is 6.56. The van der Waals surface area contributed by atoms with Crippen LogP contribution in [0.25, 0.3) is 0 Å². The molecule has 0 saturated carbocycles. The van der Waals surface area contributed by atoms with Gasteiger partial charge in [0.1, 0.15) is 10.6 Å². The Hall–Kier alpha value is -1.63. The molecule has 0 aliphatic heterocycles. The molecule has 2 aromatic carbocycles. The van der Waals surface area contributed by atoms with Crippen LogP contribution < -0.4 is 11.5 Å². The molecule has 0 aliphatic carbocycles. The summed E-state index contributed by atoms with van der Waals surface area (Å²) < 4.78 is 89.3. The number of nitrogens with two attached hydrogens (primary N) is 2. The van der Waals surface area contributed by atoms with E-state index in [9.17, 15) is 25.3 Å². The Bertz CT molecular complexity index is 1290. The molecule has 0 aliphatic rings. The summed E-state index contributed by atoms with van der Waals surface area (Å²) in [6, 6.07) is 6.91. The molecule has 13 nitrogen and oxygen atoms in total. The molecular weight excluding hydrogens is 487 g/mol. The SMILES string of the molecule is Nc1cc(N)c(S(=O)(=O)O)cc1N=Nc1ccc(S(=O)(=O)CCOS(=O)(=O)O)cc1.[Na]. The maximum absolute atomic E-state index is 12.1. The average Bonchev–Trinajstić information content (AvgIpc) is 2.59. The van der Waals surface area contributed by atoms with E-state index in [2.05, 4.69) is 14.4 Å². The zero-order valence-electron chi connectivity index (χ0n) is 15.9. The summed E-state index contributed by atoms with van der Waals surface area (Å²) in [5.41, 5.74) is 11.0. The van der Waals surface area contributed by atoms with Crippen molar-refractivity contribution in [3.63, 3.8) is 0 Å². The maximum atomic E-state index is 12.1. The van der Waals surface area contributed by atoms with Gasteiger partial charge in [0, 0.05) is 29.6 Å². The number of azo groups is 1. The van der Waals surface area contributed by atoms with E-state index in [1.165, 1.54) is 24.3 Å². The summed E-state index contributed by atoms with van der Waals surface area (Å²) in [4.78, 5) is -0.764. The zero-order chi connectivity index (χ0) is 22.7. The number of hydrogen-bond acceptors (Lipinski definition) is 11. The van der Waals surface area contributed by atoms with Crippen molar-refractivity contribution in [3.8, 4) is 0 Å². The van der Waals surface area contributed by atoms with Crippen LogP contribution in [0.5, 0.6) is 0 Å². The molecule has 6 N–H and O–H groups in total. The van der Waals surface area contributed by atoms with Gasteiger partial charge in [0.25, 0.3) is 10.1 Å². The fourth-order valence-corrected chi connectivity index (χ4v) is 4.22. The van der Waals surface area contributed by atoms with Gasteiger partial charge in [0.2, 0.25) is 0 Å². The van der Waals surface area contributed by atoms with E-state index in [1.807, 2.05) is 0 Å². The molecule has 0 amide bonds. The van der Waals surface area contributed by atoms with E-state index in [-0.39, 0.29) is 57.2 Å². The molecule has 1 radical (unpaired) electrons. The predicted molar refractivity (Wildman–Crippen MR) is 111 cm³/mol. The monoisotopic (exact) mass is 503 g/mol. The Labute approximate surface area is 200 Å². The molecule has 165 valence electrons. The van der Waals surface area contributed by atoms with E-state index in [0.29, 0.717) is 0 Å². The van der Waals surface area contributed by atoms with Gasteiger partial charge in [-0.15, -0.1) is 5.11 Å². The van der Waals surface area contributed by atoms with Gasteiger partial charge >= 0.3 is 10.4 Å². The molecule has 2 rings (SSSR count). The minimum atomic E-state index is -4.75. The van der Waals surface area contributed by atoms with E-state index < -0.39 is 47.6 Å². The van der Waals surface area contributed by atoms with Gasteiger partial charge in [-0.05, 0) is 36.4 Å². The number of rotatable bonds is 8. The molecule has 0 aromatic heterocycles. The molecule has 0 atom stereocenters. The third kappa shape index (κ3) is 8.09. The number of nitrogens with zero attached hydrogens (tertiary/aromatic N) is 2. The number of hydrogen-bond donors (Lipinski definition) is 4. The predicted octanol–water partition coefficient (Wildman–Crippen LogP) is 0.725. The van der Waals surface area contributed by atoms with E-state index in [0.717, 1.165) is 12.1 Å². The number of nitrogen functional groups attached to an aromatic ring is 2. The summed E-state index contributed by atoms with van der Waals surface area (Å²) in [5.74, 6) is -0.700. The van der Waals surface area contributed by atoms with Crippen molar-refractivity contribution in [2.75, 3.05) is 23.8 Å². The number of anilines is 2. The Morgan fingerprint density at radius 1 is 0.871 bits per heavy atom. The van der Waals surface area contributed by atoms with Gasteiger partial charge in [-0.1, -0.05) is 0 Å². The Morgan fingerprint density at radius 3 is 1.97 bits per heavy atom. The van der Waals surface area contributed by atoms with Crippen LogP contribution in [0.15, 0.2) is 56.4 Å². The molecular formula is C14H16N4NaO9S3. The molecule has 0 spiro atoms. The van der Waals surface area contributed by atoms with E-state index in [1.54, 1.807) is 0 Å². The minimum Gasteiger partial charge on any atom is -0.398 e. The minimum absolute atomic E-state index is 0.